The van der Waals surface area contributed by atoms with E-state index in [1.54, 1.807) is 12.1 Å². The standard InChI is InChI=1S/C31H40O6S/c1-29(2,3)34-22-20-25(35-30(4,5)6)27(26(21-22)36-31(7,8)9)38(37-28(32)33,23-16-12-10-13-17-23)24-18-14-11-15-19-24/h10-21H,1-9H3,(H,32,33). The summed E-state index contributed by atoms with van der Waals surface area (Å²) in [6, 6.07) is 22.4. The maximum absolute atomic E-state index is 12.5. The Kier molecular flexibility index (Phi) is 8.32. The minimum absolute atomic E-state index is 0.433. The predicted octanol–water partition coefficient (Wildman–Crippen LogP) is 9.11. The predicted molar refractivity (Wildman–Crippen MR) is 152 cm³/mol. The van der Waals surface area contributed by atoms with Gasteiger partial charge in [0, 0.05) is 32.2 Å². The van der Waals surface area contributed by atoms with Gasteiger partial charge in [-0.3, -0.25) is 0 Å². The molecule has 3 aromatic rings. The number of carbonyl (C=O) groups is 1. The van der Waals surface area contributed by atoms with Crippen molar-refractivity contribution in [2.45, 2.75) is 93.8 Å². The second-order valence-electron chi connectivity index (χ2n) is 11.9. The molecule has 0 fully saturated rings. The lowest BCUT2D eigenvalue weighted by atomic mass is 10.1. The second-order valence-corrected chi connectivity index (χ2v) is 14.6. The van der Waals surface area contributed by atoms with Gasteiger partial charge in [0.2, 0.25) is 0 Å². The molecule has 206 valence electrons. The highest BCUT2D eigenvalue weighted by molar-refractivity contribution is 8.30. The molecule has 0 aromatic heterocycles. The molecule has 1 N–H and O–H groups in total. The molecule has 0 spiro atoms. The van der Waals surface area contributed by atoms with E-state index < -0.39 is 33.3 Å². The van der Waals surface area contributed by atoms with E-state index in [0.29, 0.717) is 31.9 Å². The van der Waals surface area contributed by atoms with E-state index >= 15 is 0 Å². The summed E-state index contributed by atoms with van der Waals surface area (Å²) in [7, 11) is -2.90. The smallest absolute Gasteiger partial charge is 0.488 e. The minimum atomic E-state index is -2.90. The van der Waals surface area contributed by atoms with Gasteiger partial charge in [-0.05, 0) is 86.6 Å². The Bertz CT molecular complexity index is 1160. The van der Waals surface area contributed by atoms with Crippen molar-refractivity contribution in [3.05, 3.63) is 72.8 Å². The zero-order valence-electron chi connectivity index (χ0n) is 23.8. The minimum Gasteiger partial charge on any atom is -0.488 e. The molecular weight excluding hydrogens is 500 g/mol. The third-order valence-electron chi connectivity index (χ3n) is 4.88. The Morgan fingerprint density at radius 3 is 1.32 bits per heavy atom. The summed E-state index contributed by atoms with van der Waals surface area (Å²) in [5, 5.41) is 10.2. The number of hydrogen-bond acceptors (Lipinski definition) is 5. The van der Waals surface area contributed by atoms with E-state index in [-0.39, 0.29) is 0 Å². The second kappa shape index (κ2) is 10.8. The van der Waals surface area contributed by atoms with Crippen molar-refractivity contribution >= 4 is 16.5 Å². The average Bonchev–Trinajstić information content (AvgIpc) is 2.75. The first-order valence-corrected chi connectivity index (χ1v) is 14.2. The lowest BCUT2D eigenvalue weighted by Crippen LogP contribution is -2.28. The summed E-state index contributed by atoms with van der Waals surface area (Å²) in [5.74, 6) is 1.41. The Labute approximate surface area is 228 Å². The summed E-state index contributed by atoms with van der Waals surface area (Å²) < 4.78 is 25.4. The Morgan fingerprint density at radius 1 is 0.632 bits per heavy atom. The van der Waals surface area contributed by atoms with Crippen LogP contribution < -0.4 is 14.2 Å². The number of rotatable bonds is 7. The first-order valence-electron chi connectivity index (χ1n) is 12.6. The van der Waals surface area contributed by atoms with Crippen LogP contribution in [0.5, 0.6) is 17.2 Å². The van der Waals surface area contributed by atoms with Gasteiger partial charge in [0.25, 0.3) is 0 Å². The van der Waals surface area contributed by atoms with Crippen LogP contribution in [0.25, 0.3) is 0 Å². The normalized spacial score (nSPS) is 13.0. The van der Waals surface area contributed by atoms with Crippen molar-refractivity contribution in [1.29, 1.82) is 0 Å². The number of carboxylic acid groups (broad SMARTS) is 1. The van der Waals surface area contributed by atoms with Crippen LogP contribution in [0.1, 0.15) is 62.3 Å². The van der Waals surface area contributed by atoms with Crippen LogP contribution in [0, 0.1) is 0 Å². The summed E-state index contributed by atoms with van der Waals surface area (Å²) in [6.45, 7) is 17.6. The molecule has 0 amide bonds. The van der Waals surface area contributed by atoms with Crippen LogP contribution in [0.2, 0.25) is 0 Å². The van der Waals surface area contributed by atoms with E-state index in [9.17, 15) is 9.90 Å². The number of benzene rings is 3. The summed E-state index contributed by atoms with van der Waals surface area (Å²) in [6.07, 6.45) is -1.40. The molecule has 0 aliphatic heterocycles. The van der Waals surface area contributed by atoms with Gasteiger partial charge in [-0.2, -0.15) is 0 Å². The molecule has 0 radical (unpaired) electrons. The number of ether oxygens (including phenoxy) is 3. The van der Waals surface area contributed by atoms with Gasteiger partial charge in [0.15, 0.2) is 0 Å². The quantitative estimate of drug-likeness (QED) is 0.322. The molecule has 0 saturated heterocycles. The molecule has 0 bridgehead atoms. The zero-order valence-corrected chi connectivity index (χ0v) is 24.6. The molecule has 0 saturated carbocycles. The lowest BCUT2D eigenvalue weighted by molar-refractivity contribution is 0.105. The third kappa shape index (κ3) is 7.38. The molecule has 0 aliphatic carbocycles. The van der Waals surface area contributed by atoms with Crippen molar-refractivity contribution in [3.63, 3.8) is 0 Å². The van der Waals surface area contributed by atoms with Crippen molar-refractivity contribution in [2.75, 3.05) is 0 Å². The molecule has 0 atom stereocenters. The summed E-state index contributed by atoms with van der Waals surface area (Å²) in [5.41, 5.74) is -1.72. The van der Waals surface area contributed by atoms with Gasteiger partial charge in [-0.15, -0.1) is 0 Å². The first kappa shape index (κ1) is 29.2. The molecule has 7 heteroatoms. The monoisotopic (exact) mass is 540 g/mol. The Balaban J connectivity index is 2.56. The van der Waals surface area contributed by atoms with Gasteiger partial charge in [0.05, 0.1) is 0 Å². The van der Waals surface area contributed by atoms with E-state index in [1.807, 2.05) is 123 Å². The van der Waals surface area contributed by atoms with Gasteiger partial charge in [-0.1, -0.05) is 36.4 Å². The molecule has 3 rings (SSSR count). The maximum atomic E-state index is 12.5. The van der Waals surface area contributed by atoms with Gasteiger partial charge < -0.3 is 23.5 Å². The van der Waals surface area contributed by atoms with Crippen LogP contribution in [-0.4, -0.2) is 28.1 Å². The van der Waals surface area contributed by atoms with Crippen molar-refractivity contribution < 1.29 is 28.3 Å². The maximum Gasteiger partial charge on any atom is 0.517 e. The van der Waals surface area contributed by atoms with Crippen molar-refractivity contribution in [3.8, 4) is 17.2 Å². The highest BCUT2D eigenvalue weighted by Gasteiger charge is 2.43. The summed E-state index contributed by atoms with van der Waals surface area (Å²) >= 11 is 0. The fourth-order valence-corrected chi connectivity index (χ4v) is 6.98. The van der Waals surface area contributed by atoms with Gasteiger partial charge in [0.1, 0.15) is 38.9 Å². The largest absolute Gasteiger partial charge is 0.517 e. The highest BCUT2D eigenvalue weighted by atomic mass is 32.3. The summed E-state index contributed by atoms with van der Waals surface area (Å²) in [4.78, 5) is 14.4. The average molecular weight is 541 g/mol. The Hall–Kier alpha value is -3.32. The molecular formula is C31H40O6S. The zero-order chi connectivity index (χ0) is 28.4. The Morgan fingerprint density at radius 2 is 1.00 bits per heavy atom. The third-order valence-corrected chi connectivity index (χ3v) is 8.13. The highest BCUT2D eigenvalue weighted by Crippen LogP contribution is 2.74. The lowest BCUT2D eigenvalue weighted by Gasteiger charge is -2.42. The van der Waals surface area contributed by atoms with Gasteiger partial charge >= 0.3 is 6.16 Å². The van der Waals surface area contributed by atoms with Crippen LogP contribution in [-0.2, 0) is 4.18 Å². The molecule has 38 heavy (non-hydrogen) atoms. The van der Waals surface area contributed by atoms with Gasteiger partial charge in [-0.25, -0.2) is 4.79 Å². The van der Waals surface area contributed by atoms with E-state index in [0.717, 1.165) is 0 Å². The molecule has 0 unspecified atom stereocenters. The molecule has 0 heterocycles. The molecule has 6 nitrogen and oxygen atoms in total. The molecule has 3 aromatic carbocycles. The first-order chi connectivity index (χ1) is 17.5. The molecule has 0 aliphatic rings. The topological polar surface area (TPSA) is 74.2 Å². The van der Waals surface area contributed by atoms with E-state index in [4.69, 9.17) is 18.4 Å². The van der Waals surface area contributed by atoms with Crippen molar-refractivity contribution in [1.82, 2.24) is 0 Å². The van der Waals surface area contributed by atoms with E-state index in [1.165, 1.54) is 0 Å². The SMILES string of the molecule is CC(C)(C)Oc1cc(OC(C)(C)C)c(S(OC(=O)O)(c2ccccc2)c2ccccc2)c(OC(C)(C)C)c1. The van der Waals surface area contributed by atoms with E-state index in [2.05, 4.69) is 0 Å². The van der Waals surface area contributed by atoms with Crippen molar-refractivity contribution in [2.24, 2.45) is 0 Å². The fourth-order valence-electron chi connectivity index (χ4n) is 3.90. The van der Waals surface area contributed by atoms with Crippen LogP contribution in [0.4, 0.5) is 4.79 Å². The van der Waals surface area contributed by atoms with Crippen LogP contribution >= 0.6 is 10.3 Å². The number of hydrogen-bond donors (Lipinski definition) is 1. The fraction of sp³-hybridized carbons (Fsp3) is 0.387. The van der Waals surface area contributed by atoms with Crippen LogP contribution in [0.15, 0.2) is 87.5 Å². The van der Waals surface area contributed by atoms with Crippen LogP contribution in [0.3, 0.4) is 0 Å².